The number of likely N-dealkylation sites (N-methyl/N-ethyl adjacent to an activating group) is 1. The number of morpholine rings is 1. The molecule has 16 heavy (non-hydrogen) atoms. The SMILES string of the molecule is CNCC1CN(C(C)C(C)C(=O)O)CCO1. The molecule has 0 aromatic rings. The molecule has 3 unspecified atom stereocenters. The number of carboxylic acid groups (broad SMARTS) is 1. The van der Waals surface area contributed by atoms with Gasteiger partial charge in [-0.2, -0.15) is 0 Å². The molecule has 1 rings (SSSR count). The summed E-state index contributed by atoms with van der Waals surface area (Å²) in [6, 6.07) is 0.0563. The van der Waals surface area contributed by atoms with E-state index in [9.17, 15) is 4.79 Å². The summed E-state index contributed by atoms with van der Waals surface area (Å²) < 4.78 is 5.59. The number of aliphatic carboxylic acids is 1. The summed E-state index contributed by atoms with van der Waals surface area (Å²) in [7, 11) is 1.89. The van der Waals surface area contributed by atoms with Crippen molar-refractivity contribution in [2.45, 2.75) is 26.0 Å². The van der Waals surface area contributed by atoms with Crippen molar-refractivity contribution in [3.8, 4) is 0 Å². The molecule has 0 aromatic heterocycles. The van der Waals surface area contributed by atoms with Gasteiger partial charge in [0.25, 0.3) is 0 Å². The standard InChI is InChI=1S/C11H22N2O3/c1-8(11(14)15)9(2)13-4-5-16-10(7-13)6-12-3/h8-10,12H,4-7H2,1-3H3,(H,14,15). The van der Waals surface area contributed by atoms with Crippen molar-refractivity contribution in [3.05, 3.63) is 0 Å². The molecule has 5 nitrogen and oxygen atoms in total. The second-order valence-electron chi connectivity index (χ2n) is 4.41. The van der Waals surface area contributed by atoms with Gasteiger partial charge in [0.1, 0.15) is 0 Å². The van der Waals surface area contributed by atoms with Crippen LogP contribution in [0, 0.1) is 5.92 Å². The van der Waals surface area contributed by atoms with Crippen molar-refractivity contribution >= 4 is 5.97 Å². The summed E-state index contributed by atoms with van der Waals surface area (Å²) >= 11 is 0. The Morgan fingerprint density at radius 2 is 2.31 bits per heavy atom. The zero-order valence-corrected chi connectivity index (χ0v) is 10.3. The van der Waals surface area contributed by atoms with Gasteiger partial charge in [0.2, 0.25) is 0 Å². The highest BCUT2D eigenvalue weighted by Gasteiger charge is 2.29. The topological polar surface area (TPSA) is 61.8 Å². The van der Waals surface area contributed by atoms with Gasteiger partial charge in [-0.3, -0.25) is 9.69 Å². The first-order chi connectivity index (χ1) is 7.56. The molecule has 5 heteroatoms. The third-order valence-electron chi connectivity index (χ3n) is 3.29. The summed E-state index contributed by atoms with van der Waals surface area (Å²) in [5.74, 6) is -1.07. The Morgan fingerprint density at radius 3 is 2.88 bits per heavy atom. The van der Waals surface area contributed by atoms with Gasteiger partial charge in [-0.25, -0.2) is 0 Å². The number of hydrogen-bond acceptors (Lipinski definition) is 4. The van der Waals surface area contributed by atoms with Crippen LogP contribution in [0.3, 0.4) is 0 Å². The molecular formula is C11H22N2O3. The lowest BCUT2D eigenvalue weighted by Gasteiger charge is -2.38. The summed E-state index contributed by atoms with van der Waals surface area (Å²) in [6.45, 7) is 6.85. The highest BCUT2D eigenvalue weighted by Crippen LogP contribution is 2.15. The van der Waals surface area contributed by atoms with Gasteiger partial charge < -0.3 is 15.2 Å². The Kier molecular flexibility index (Phi) is 5.18. The van der Waals surface area contributed by atoms with Crippen LogP contribution in [0.5, 0.6) is 0 Å². The van der Waals surface area contributed by atoms with E-state index in [1.165, 1.54) is 0 Å². The van der Waals surface area contributed by atoms with E-state index in [4.69, 9.17) is 9.84 Å². The van der Waals surface area contributed by atoms with E-state index < -0.39 is 5.97 Å². The van der Waals surface area contributed by atoms with Gasteiger partial charge in [0, 0.05) is 25.7 Å². The second-order valence-corrected chi connectivity index (χ2v) is 4.41. The normalized spacial score (nSPS) is 26.3. The molecule has 1 aliphatic heterocycles. The highest BCUT2D eigenvalue weighted by molar-refractivity contribution is 5.70. The van der Waals surface area contributed by atoms with Gasteiger partial charge in [-0.15, -0.1) is 0 Å². The fourth-order valence-electron chi connectivity index (χ4n) is 1.99. The van der Waals surface area contributed by atoms with Gasteiger partial charge in [-0.05, 0) is 14.0 Å². The molecule has 1 aliphatic rings. The fourth-order valence-corrected chi connectivity index (χ4v) is 1.99. The Balaban J connectivity index is 2.49. The summed E-state index contributed by atoms with van der Waals surface area (Å²) in [6.07, 6.45) is 0.169. The second kappa shape index (κ2) is 6.18. The molecular weight excluding hydrogens is 208 g/mol. The van der Waals surface area contributed by atoms with E-state index in [1.807, 2.05) is 14.0 Å². The number of ether oxygens (including phenoxy) is 1. The van der Waals surface area contributed by atoms with E-state index in [-0.39, 0.29) is 18.1 Å². The Morgan fingerprint density at radius 1 is 1.62 bits per heavy atom. The Bertz CT molecular complexity index is 233. The molecule has 0 radical (unpaired) electrons. The fraction of sp³-hybridized carbons (Fsp3) is 0.909. The van der Waals surface area contributed by atoms with Crippen LogP contribution in [0.2, 0.25) is 0 Å². The first-order valence-electron chi connectivity index (χ1n) is 5.79. The zero-order chi connectivity index (χ0) is 12.1. The Labute approximate surface area is 96.8 Å². The van der Waals surface area contributed by atoms with Gasteiger partial charge in [-0.1, -0.05) is 6.92 Å². The number of nitrogens with zero attached hydrogens (tertiary/aromatic N) is 1. The molecule has 0 spiro atoms. The van der Waals surface area contributed by atoms with Crippen LogP contribution in [0.15, 0.2) is 0 Å². The van der Waals surface area contributed by atoms with Crippen molar-refractivity contribution in [3.63, 3.8) is 0 Å². The number of hydrogen-bond donors (Lipinski definition) is 2. The molecule has 1 fully saturated rings. The molecule has 0 bridgehead atoms. The van der Waals surface area contributed by atoms with Crippen LogP contribution in [-0.4, -0.2) is 61.4 Å². The van der Waals surface area contributed by atoms with Crippen molar-refractivity contribution in [2.75, 3.05) is 33.3 Å². The highest BCUT2D eigenvalue weighted by atomic mass is 16.5. The third-order valence-corrected chi connectivity index (χ3v) is 3.29. The smallest absolute Gasteiger partial charge is 0.307 e. The van der Waals surface area contributed by atoms with Crippen molar-refractivity contribution in [1.29, 1.82) is 0 Å². The lowest BCUT2D eigenvalue weighted by molar-refractivity contribution is -0.144. The predicted octanol–water partition coefficient (Wildman–Crippen LogP) is 0.0158. The monoisotopic (exact) mass is 230 g/mol. The maximum Gasteiger partial charge on any atom is 0.307 e. The number of nitrogens with one attached hydrogen (secondary N) is 1. The maximum absolute atomic E-state index is 10.9. The van der Waals surface area contributed by atoms with Gasteiger partial charge in [0.15, 0.2) is 0 Å². The van der Waals surface area contributed by atoms with Gasteiger partial charge in [0.05, 0.1) is 18.6 Å². The third kappa shape index (κ3) is 3.43. The molecule has 0 aliphatic carbocycles. The first-order valence-corrected chi connectivity index (χ1v) is 5.79. The minimum Gasteiger partial charge on any atom is -0.481 e. The number of carbonyl (C=O) groups is 1. The van der Waals surface area contributed by atoms with E-state index in [0.717, 1.165) is 19.6 Å². The molecule has 0 saturated carbocycles. The van der Waals surface area contributed by atoms with E-state index in [0.29, 0.717) is 6.61 Å². The molecule has 94 valence electrons. The molecule has 1 heterocycles. The minimum absolute atomic E-state index is 0.0563. The van der Waals surface area contributed by atoms with Crippen LogP contribution in [0.4, 0.5) is 0 Å². The number of carboxylic acids is 1. The number of rotatable bonds is 5. The summed E-state index contributed by atoms with van der Waals surface area (Å²) in [5, 5.41) is 12.1. The van der Waals surface area contributed by atoms with E-state index in [2.05, 4.69) is 10.2 Å². The summed E-state index contributed by atoms with van der Waals surface area (Å²) in [5.41, 5.74) is 0. The van der Waals surface area contributed by atoms with E-state index in [1.54, 1.807) is 6.92 Å². The first kappa shape index (κ1) is 13.4. The Hall–Kier alpha value is -0.650. The van der Waals surface area contributed by atoms with E-state index >= 15 is 0 Å². The predicted molar refractivity (Wildman–Crippen MR) is 61.5 cm³/mol. The molecule has 3 atom stereocenters. The maximum atomic E-state index is 10.9. The molecule has 2 N–H and O–H groups in total. The molecule has 0 amide bonds. The van der Waals surface area contributed by atoms with Crippen molar-refractivity contribution in [2.24, 2.45) is 5.92 Å². The largest absolute Gasteiger partial charge is 0.481 e. The minimum atomic E-state index is -0.732. The van der Waals surface area contributed by atoms with Gasteiger partial charge >= 0.3 is 5.97 Å². The summed E-state index contributed by atoms with van der Waals surface area (Å²) in [4.78, 5) is 13.1. The average molecular weight is 230 g/mol. The molecule has 0 aromatic carbocycles. The van der Waals surface area contributed by atoms with Crippen molar-refractivity contribution in [1.82, 2.24) is 10.2 Å². The molecule has 1 saturated heterocycles. The lowest BCUT2D eigenvalue weighted by Crippen LogP contribution is -2.52. The van der Waals surface area contributed by atoms with Crippen LogP contribution in [0.1, 0.15) is 13.8 Å². The lowest BCUT2D eigenvalue weighted by atomic mass is 10.0. The quantitative estimate of drug-likeness (QED) is 0.697. The van der Waals surface area contributed by atoms with Crippen LogP contribution in [-0.2, 0) is 9.53 Å². The van der Waals surface area contributed by atoms with Crippen LogP contribution >= 0.6 is 0 Å². The van der Waals surface area contributed by atoms with Crippen LogP contribution in [0.25, 0.3) is 0 Å². The van der Waals surface area contributed by atoms with Crippen molar-refractivity contribution < 1.29 is 14.6 Å². The zero-order valence-electron chi connectivity index (χ0n) is 10.3. The van der Waals surface area contributed by atoms with Crippen LogP contribution < -0.4 is 5.32 Å². The average Bonchev–Trinajstić information content (AvgIpc) is 2.28.